The van der Waals surface area contributed by atoms with Gasteiger partial charge in [-0.3, -0.25) is 4.79 Å². The summed E-state index contributed by atoms with van der Waals surface area (Å²) in [7, 11) is 0. The van der Waals surface area contributed by atoms with Crippen molar-refractivity contribution in [2.24, 2.45) is 5.92 Å². The molecule has 0 aliphatic carbocycles. The Morgan fingerprint density at radius 3 is 2.64 bits per heavy atom. The van der Waals surface area contributed by atoms with Crippen molar-refractivity contribution < 1.29 is 4.79 Å². The topological polar surface area (TPSA) is 71.8 Å². The number of amides is 1. The van der Waals surface area contributed by atoms with E-state index in [2.05, 4.69) is 34.8 Å². The number of rotatable bonds is 9. The molecule has 1 fully saturated rings. The van der Waals surface area contributed by atoms with E-state index >= 15 is 0 Å². The molecule has 144 valence electrons. The third-order valence-corrected chi connectivity index (χ3v) is 5.01. The number of unbranched alkanes of at least 4 members (excludes halogenated alkanes) is 1. The Morgan fingerprint density at radius 1 is 1.28 bits per heavy atom. The first-order valence-electron chi connectivity index (χ1n) is 9.58. The maximum absolute atomic E-state index is 12.5. The van der Waals surface area contributed by atoms with E-state index in [0.29, 0.717) is 17.7 Å². The fraction of sp³-hybridized carbons (Fsp3) is 0.833. The van der Waals surface area contributed by atoms with Crippen LogP contribution < -0.4 is 10.6 Å². The maximum Gasteiger partial charge on any atom is 0.273 e. The highest BCUT2D eigenvalue weighted by molar-refractivity contribution is 5.93. The number of hydrogen-bond donors (Lipinski definition) is 2. The van der Waals surface area contributed by atoms with Crippen LogP contribution in [0, 0.1) is 12.8 Å². The first kappa shape index (κ1) is 21.9. The molecule has 1 unspecified atom stereocenters. The summed E-state index contributed by atoms with van der Waals surface area (Å²) in [5, 5.41) is 14.8. The van der Waals surface area contributed by atoms with E-state index in [1.54, 1.807) is 0 Å². The maximum atomic E-state index is 12.5. The van der Waals surface area contributed by atoms with E-state index in [0.717, 1.165) is 44.6 Å². The third-order valence-electron chi connectivity index (χ3n) is 5.01. The second kappa shape index (κ2) is 11.5. The second-order valence-electron chi connectivity index (χ2n) is 6.96. The highest BCUT2D eigenvalue weighted by atomic mass is 35.5. The molecule has 1 aliphatic rings. The summed E-state index contributed by atoms with van der Waals surface area (Å²) in [6.07, 6.45) is 8.03. The van der Waals surface area contributed by atoms with Crippen LogP contribution >= 0.6 is 12.4 Å². The Balaban J connectivity index is 0.00000312. The number of piperidine rings is 1. The van der Waals surface area contributed by atoms with Gasteiger partial charge in [-0.25, -0.2) is 4.68 Å². The van der Waals surface area contributed by atoms with Gasteiger partial charge in [-0.2, -0.15) is 0 Å². The van der Waals surface area contributed by atoms with Crippen molar-refractivity contribution in [3.05, 3.63) is 11.4 Å². The summed E-state index contributed by atoms with van der Waals surface area (Å²) >= 11 is 0. The fourth-order valence-electron chi connectivity index (χ4n) is 3.52. The van der Waals surface area contributed by atoms with E-state index in [4.69, 9.17) is 0 Å². The van der Waals surface area contributed by atoms with E-state index in [1.165, 1.54) is 25.7 Å². The standard InChI is InChI=1S/C18H33N5O.ClH/c1-4-6-8-15(7-5-2)13-20-18(24)17-14(3)23(22-21-17)16-9-11-19-12-10-16;/h15-16,19H,4-13H2,1-3H3,(H,20,24);1H. The predicted octanol–water partition coefficient (Wildman–Crippen LogP) is 3.27. The number of aromatic nitrogens is 3. The van der Waals surface area contributed by atoms with E-state index in [-0.39, 0.29) is 18.3 Å². The van der Waals surface area contributed by atoms with E-state index in [1.807, 2.05) is 11.6 Å². The van der Waals surface area contributed by atoms with Gasteiger partial charge in [0.15, 0.2) is 5.69 Å². The quantitative estimate of drug-likeness (QED) is 0.698. The molecule has 2 heterocycles. The van der Waals surface area contributed by atoms with Gasteiger partial charge in [0.1, 0.15) is 0 Å². The van der Waals surface area contributed by atoms with Crippen LogP contribution in [-0.4, -0.2) is 40.5 Å². The van der Waals surface area contributed by atoms with Gasteiger partial charge in [-0.1, -0.05) is 38.3 Å². The summed E-state index contributed by atoms with van der Waals surface area (Å²) in [5.41, 5.74) is 1.37. The Hall–Kier alpha value is -1.14. The first-order chi connectivity index (χ1) is 11.7. The van der Waals surface area contributed by atoms with Crippen molar-refractivity contribution in [2.45, 2.75) is 71.8 Å². The van der Waals surface area contributed by atoms with Crippen molar-refractivity contribution in [1.82, 2.24) is 25.6 Å². The van der Waals surface area contributed by atoms with Gasteiger partial charge in [0.2, 0.25) is 0 Å². The van der Waals surface area contributed by atoms with Crippen LogP contribution in [0.2, 0.25) is 0 Å². The number of carbonyl (C=O) groups excluding carboxylic acids is 1. The van der Waals surface area contributed by atoms with Gasteiger partial charge in [-0.15, -0.1) is 17.5 Å². The van der Waals surface area contributed by atoms with E-state index < -0.39 is 0 Å². The van der Waals surface area contributed by atoms with E-state index in [9.17, 15) is 4.79 Å². The zero-order valence-electron chi connectivity index (χ0n) is 15.9. The van der Waals surface area contributed by atoms with Crippen molar-refractivity contribution in [3.63, 3.8) is 0 Å². The monoisotopic (exact) mass is 371 g/mol. The van der Waals surface area contributed by atoms with Gasteiger partial charge in [0.25, 0.3) is 5.91 Å². The smallest absolute Gasteiger partial charge is 0.273 e. The summed E-state index contributed by atoms with van der Waals surface area (Å²) in [6, 6.07) is 0.359. The number of hydrogen-bond acceptors (Lipinski definition) is 4. The summed E-state index contributed by atoms with van der Waals surface area (Å²) in [6.45, 7) is 9.12. The Labute approximate surface area is 157 Å². The highest BCUT2D eigenvalue weighted by Gasteiger charge is 2.23. The van der Waals surface area contributed by atoms with Gasteiger partial charge >= 0.3 is 0 Å². The minimum Gasteiger partial charge on any atom is -0.350 e. The van der Waals surface area contributed by atoms with Crippen LogP contribution in [0.1, 0.15) is 81.0 Å². The molecular formula is C18H34ClN5O. The predicted molar refractivity (Wildman–Crippen MR) is 103 cm³/mol. The SMILES string of the molecule is CCCCC(CCC)CNC(=O)c1nnn(C2CCNCC2)c1C.Cl. The number of carbonyl (C=O) groups is 1. The molecule has 0 aromatic carbocycles. The van der Waals surface area contributed by atoms with Crippen molar-refractivity contribution in [3.8, 4) is 0 Å². The normalized spacial score (nSPS) is 16.3. The Bertz CT molecular complexity index is 514. The van der Waals surface area contributed by atoms with Gasteiger partial charge in [0.05, 0.1) is 11.7 Å². The largest absolute Gasteiger partial charge is 0.350 e. The summed E-state index contributed by atoms with van der Waals surface area (Å²) in [4.78, 5) is 12.5. The fourth-order valence-corrected chi connectivity index (χ4v) is 3.52. The molecule has 0 saturated carbocycles. The molecular weight excluding hydrogens is 338 g/mol. The Kier molecular flexibility index (Phi) is 10.0. The van der Waals surface area contributed by atoms with Crippen molar-refractivity contribution >= 4 is 18.3 Å². The molecule has 1 aromatic rings. The minimum absolute atomic E-state index is 0. The molecule has 2 rings (SSSR count). The third kappa shape index (κ3) is 6.26. The van der Waals surface area contributed by atoms with Crippen LogP contribution in [0.15, 0.2) is 0 Å². The van der Waals surface area contributed by atoms with Gasteiger partial charge < -0.3 is 10.6 Å². The minimum atomic E-state index is -0.0784. The molecule has 1 amide bonds. The second-order valence-corrected chi connectivity index (χ2v) is 6.96. The van der Waals surface area contributed by atoms with Crippen LogP contribution in [0.5, 0.6) is 0 Å². The molecule has 0 spiro atoms. The average molecular weight is 372 g/mol. The number of nitrogens with zero attached hydrogens (tertiary/aromatic N) is 3. The molecule has 1 atom stereocenters. The van der Waals surface area contributed by atoms with Crippen LogP contribution in [0.25, 0.3) is 0 Å². The molecule has 2 N–H and O–H groups in total. The summed E-state index contributed by atoms with van der Waals surface area (Å²) < 4.78 is 1.94. The van der Waals surface area contributed by atoms with Crippen molar-refractivity contribution in [1.29, 1.82) is 0 Å². The molecule has 7 heteroatoms. The Morgan fingerprint density at radius 2 is 2.00 bits per heavy atom. The van der Waals surface area contributed by atoms with Crippen LogP contribution in [0.3, 0.4) is 0 Å². The lowest BCUT2D eigenvalue weighted by Gasteiger charge is -2.23. The molecule has 6 nitrogen and oxygen atoms in total. The molecule has 0 bridgehead atoms. The molecule has 1 aromatic heterocycles. The van der Waals surface area contributed by atoms with Crippen LogP contribution in [0.4, 0.5) is 0 Å². The molecule has 25 heavy (non-hydrogen) atoms. The molecule has 1 saturated heterocycles. The average Bonchev–Trinajstić information content (AvgIpc) is 2.99. The lowest BCUT2D eigenvalue weighted by molar-refractivity contribution is 0.0939. The first-order valence-corrected chi connectivity index (χ1v) is 9.58. The van der Waals surface area contributed by atoms with Crippen molar-refractivity contribution in [2.75, 3.05) is 19.6 Å². The van der Waals surface area contributed by atoms with Gasteiger partial charge in [0, 0.05) is 6.54 Å². The number of nitrogens with one attached hydrogen (secondary N) is 2. The number of halogens is 1. The zero-order chi connectivity index (χ0) is 17.4. The van der Waals surface area contributed by atoms with Crippen LogP contribution in [-0.2, 0) is 0 Å². The highest BCUT2D eigenvalue weighted by Crippen LogP contribution is 2.20. The lowest BCUT2D eigenvalue weighted by atomic mass is 9.97. The molecule has 1 aliphatic heterocycles. The van der Waals surface area contributed by atoms with Gasteiger partial charge in [-0.05, 0) is 51.6 Å². The zero-order valence-corrected chi connectivity index (χ0v) is 16.7. The lowest BCUT2D eigenvalue weighted by Crippen LogP contribution is -2.31. The summed E-state index contributed by atoms with van der Waals surface area (Å²) in [5.74, 6) is 0.490. The molecule has 0 radical (unpaired) electrons.